The Morgan fingerprint density at radius 1 is 1.20 bits per heavy atom. The summed E-state index contributed by atoms with van der Waals surface area (Å²) >= 11 is 3.67. The quantitative estimate of drug-likeness (QED) is 0.660. The third-order valence-corrected chi connectivity index (χ3v) is 9.71. The van der Waals surface area contributed by atoms with Gasteiger partial charge in [-0.15, -0.1) is 0 Å². The molecule has 0 aromatic heterocycles. The number of Topliss-reactive ketones (excluding diaryl/α,β-unsaturated/α-hetero) is 1. The first-order valence-corrected chi connectivity index (χ1v) is 10.7. The fourth-order valence-corrected chi connectivity index (χ4v) is 8.41. The highest BCUT2D eigenvalue weighted by atomic mass is 79.9. The van der Waals surface area contributed by atoms with E-state index in [9.17, 15) is 14.7 Å². The number of rotatable bonds is 1. The molecule has 3 saturated carbocycles. The van der Waals surface area contributed by atoms with Crippen LogP contribution in [0.25, 0.3) is 0 Å². The van der Waals surface area contributed by atoms with Crippen LogP contribution in [0, 0.1) is 28.6 Å². The molecular weight excluding hydrogens is 380 g/mol. The molecule has 25 heavy (non-hydrogen) atoms. The zero-order valence-electron chi connectivity index (χ0n) is 15.5. The van der Waals surface area contributed by atoms with E-state index < -0.39 is 5.60 Å². The van der Waals surface area contributed by atoms with Gasteiger partial charge in [0.2, 0.25) is 0 Å². The monoisotopic (exact) mass is 408 g/mol. The minimum Gasteiger partial charge on any atom is -0.380 e. The standard InChI is InChI=1S/C21H29BrO3/c1-12(23)21(25)18(22)11-17-15-5-4-13-10-14(24)6-8-19(13,2)16(15)7-9-20(17,21)3/h10,15-18,25H,4-9,11H2,1-3H3/t15-,16+,17-,18-,19+,20+,21-/m1/s1. The molecular formula is C21H29BrO3. The molecule has 0 saturated heterocycles. The molecule has 1 N–H and O–H groups in total. The first-order chi connectivity index (χ1) is 11.6. The highest BCUT2D eigenvalue weighted by Crippen LogP contribution is 2.68. The Balaban J connectivity index is 1.72. The van der Waals surface area contributed by atoms with Gasteiger partial charge < -0.3 is 5.11 Å². The van der Waals surface area contributed by atoms with Gasteiger partial charge in [-0.1, -0.05) is 35.4 Å². The van der Waals surface area contributed by atoms with Gasteiger partial charge in [0.15, 0.2) is 11.6 Å². The van der Waals surface area contributed by atoms with Gasteiger partial charge in [-0.3, -0.25) is 9.59 Å². The molecule has 0 aromatic rings. The Kier molecular flexibility index (Phi) is 3.95. The third kappa shape index (κ3) is 2.13. The van der Waals surface area contributed by atoms with E-state index in [1.165, 1.54) is 5.57 Å². The fourth-order valence-electron chi connectivity index (χ4n) is 7.16. The van der Waals surface area contributed by atoms with Crippen molar-refractivity contribution in [2.24, 2.45) is 28.6 Å². The maximum absolute atomic E-state index is 12.4. The minimum absolute atomic E-state index is 0.0938. The molecule has 4 aliphatic carbocycles. The first kappa shape index (κ1) is 17.9. The van der Waals surface area contributed by atoms with Gasteiger partial charge in [0.25, 0.3) is 0 Å². The molecule has 4 rings (SSSR count). The highest BCUT2D eigenvalue weighted by Gasteiger charge is 2.68. The van der Waals surface area contributed by atoms with Gasteiger partial charge in [-0.05, 0) is 74.7 Å². The molecule has 4 aliphatic rings. The van der Waals surface area contributed by atoms with E-state index in [1.54, 1.807) is 6.92 Å². The van der Waals surface area contributed by atoms with E-state index in [1.807, 2.05) is 6.08 Å². The molecule has 7 atom stereocenters. The van der Waals surface area contributed by atoms with E-state index in [2.05, 4.69) is 29.8 Å². The summed E-state index contributed by atoms with van der Waals surface area (Å²) in [7, 11) is 0. The number of fused-ring (bicyclic) bond motifs is 5. The second-order valence-electron chi connectivity index (χ2n) is 9.45. The summed E-state index contributed by atoms with van der Waals surface area (Å²) in [4.78, 5) is 24.2. The Labute approximate surface area is 158 Å². The van der Waals surface area contributed by atoms with Gasteiger partial charge in [0, 0.05) is 11.8 Å². The van der Waals surface area contributed by atoms with Crippen LogP contribution in [0.5, 0.6) is 0 Å². The Morgan fingerprint density at radius 2 is 1.92 bits per heavy atom. The zero-order valence-corrected chi connectivity index (χ0v) is 17.1. The topological polar surface area (TPSA) is 54.4 Å². The molecule has 0 amide bonds. The summed E-state index contributed by atoms with van der Waals surface area (Å²) in [5.74, 6) is 1.69. The summed E-state index contributed by atoms with van der Waals surface area (Å²) in [5, 5.41) is 11.4. The molecule has 0 unspecified atom stereocenters. The summed E-state index contributed by atoms with van der Waals surface area (Å²) in [6.45, 7) is 6.06. The largest absolute Gasteiger partial charge is 0.380 e. The lowest BCUT2D eigenvalue weighted by molar-refractivity contribution is -0.159. The second-order valence-corrected chi connectivity index (χ2v) is 10.6. The summed E-state index contributed by atoms with van der Waals surface area (Å²) in [5.41, 5.74) is -0.0844. The SMILES string of the molecule is CC(=O)[C@@]1(O)[C@H](Br)C[C@@H]2[C@@H]3CCC4=CC(=O)CC[C@]4(C)[C@H]3CC[C@@]21C. The second kappa shape index (κ2) is 5.51. The number of carbonyl (C=O) groups is 2. The molecule has 0 radical (unpaired) electrons. The normalized spacial score (nSPS) is 52.0. The minimum atomic E-state index is -1.25. The predicted molar refractivity (Wildman–Crippen MR) is 100 cm³/mol. The molecule has 0 aliphatic heterocycles. The molecule has 0 spiro atoms. The van der Waals surface area contributed by atoms with Gasteiger partial charge in [0.1, 0.15) is 5.60 Å². The van der Waals surface area contributed by atoms with Crippen molar-refractivity contribution in [2.45, 2.75) is 76.1 Å². The van der Waals surface area contributed by atoms with Gasteiger partial charge in [-0.2, -0.15) is 0 Å². The lowest BCUT2D eigenvalue weighted by Crippen LogP contribution is -2.59. The average Bonchev–Trinajstić information content (AvgIpc) is 2.77. The van der Waals surface area contributed by atoms with Crippen LogP contribution in [0.15, 0.2) is 11.6 Å². The van der Waals surface area contributed by atoms with Crippen molar-refractivity contribution in [3.05, 3.63) is 11.6 Å². The van der Waals surface area contributed by atoms with Crippen LogP contribution in [-0.2, 0) is 9.59 Å². The molecule has 3 fully saturated rings. The lowest BCUT2D eigenvalue weighted by Gasteiger charge is -2.58. The third-order valence-electron chi connectivity index (χ3n) is 8.67. The van der Waals surface area contributed by atoms with Crippen molar-refractivity contribution >= 4 is 27.5 Å². The average molecular weight is 409 g/mol. The Morgan fingerprint density at radius 3 is 2.60 bits per heavy atom. The first-order valence-electron chi connectivity index (χ1n) is 9.76. The van der Waals surface area contributed by atoms with Crippen molar-refractivity contribution in [1.29, 1.82) is 0 Å². The number of halogens is 1. The van der Waals surface area contributed by atoms with Crippen LogP contribution in [-0.4, -0.2) is 27.1 Å². The summed E-state index contributed by atoms with van der Waals surface area (Å²) in [6, 6.07) is 0. The zero-order chi connectivity index (χ0) is 18.2. The van der Waals surface area contributed by atoms with Crippen LogP contribution >= 0.6 is 15.9 Å². The van der Waals surface area contributed by atoms with Crippen molar-refractivity contribution < 1.29 is 14.7 Å². The van der Waals surface area contributed by atoms with E-state index >= 15 is 0 Å². The summed E-state index contributed by atoms with van der Waals surface area (Å²) < 4.78 is 0. The number of carbonyl (C=O) groups excluding carboxylic acids is 2. The van der Waals surface area contributed by atoms with Crippen molar-refractivity contribution in [3.63, 3.8) is 0 Å². The molecule has 3 nitrogen and oxygen atoms in total. The fraction of sp³-hybridized carbons (Fsp3) is 0.810. The van der Waals surface area contributed by atoms with E-state index in [0.717, 1.165) is 38.5 Å². The van der Waals surface area contributed by atoms with Crippen LogP contribution in [0.2, 0.25) is 0 Å². The highest BCUT2D eigenvalue weighted by molar-refractivity contribution is 9.09. The van der Waals surface area contributed by atoms with E-state index in [0.29, 0.717) is 30.0 Å². The maximum atomic E-state index is 12.4. The molecule has 0 bridgehead atoms. The molecule has 4 heteroatoms. The van der Waals surface area contributed by atoms with Crippen molar-refractivity contribution in [3.8, 4) is 0 Å². The van der Waals surface area contributed by atoms with Crippen molar-refractivity contribution in [1.82, 2.24) is 0 Å². The Hall–Kier alpha value is -0.480. The molecule has 0 aromatic carbocycles. The van der Waals surface area contributed by atoms with Gasteiger partial charge in [0.05, 0.1) is 4.83 Å². The molecule has 138 valence electrons. The number of alkyl halides is 1. The molecule has 0 heterocycles. The number of allylic oxidation sites excluding steroid dienone is 1. The van der Waals surface area contributed by atoms with Gasteiger partial charge in [-0.25, -0.2) is 0 Å². The van der Waals surface area contributed by atoms with E-state index in [-0.39, 0.29) is 21.4 Å². The van der Waals surface area contributed by atoms with Gasteiger partial charge >= 0.3 is 0 Å². The number of aliphatic hydroxyl groups is 1. The number of hydrogen-bond donors (Lipinski definition) is 1. The van der Waals surface area contributed by atoms with Crippen LogP contribution < -0.4 is 0 Å². The number of ketones is 2. The maximum Gasteiger partial charge on any atom is 0.163 e. The lowest BCUT2D eigenvalue weighted by atomic mass is 9.46. The van der Waals surface area contributed by atoms with Crippen molar-refractivity contribution in [2.75, 3.05) is 0 Å². The van der Waals surface area contributed by atoms with Crippen LogP contribution in [0.4, 0.5) is 0 Å². The predicted octanol–water partition coefficient (Wildman–Crippen LogP) is 4.21. The number of hydrogen-bond acceptors (Lipinski definition) is 3. The Bertz CT molecular complexity index is 670. The van der Waals surface area contributed by atoms with Crippen LogP contribution in [0.3, 0.4) is 0 Å². The van der Waals surface area contributed by atoms with Crippen LogP contribution in [0.1, 0.15) is 65.7 Å². The summed E-state index contributed by atoms with van der Waals surface area (Å²) in [6.07, 6.45) is 8.49. The van der Waals surface area contributed by atoms with E-state index in [4.69, 9.17) is 0 Å². The smallest absolute Gasteiger partial charge is 0.163 e.